The van der Waals surface area contributed by atoms with E-state index in [1.54, 1.807) is 23.1 Å². The average molecular weight is 331 g/mol. The van der Waals surface area contributed by atoms with Crippen molar-refractivity contribution in [2.75, 3.05) is 6.26 Å². The second kappa shape index (κ2) is 5.84. The summed E-state index contributed by atoms with van der Waals surface area (Å²) in [6.45, 7) is 2.02. The first-order chi connectivity index (χ1) is 11.0. The van der Waals surface area contributed by atoms with E-state index >= 15 is 0 Å². The van der Waals surface area contributed by atoms with E-state index in [4.69, 9.17) is 0 Å². The van der Waals surface area contributed by atoms with Gasteiger partial charge in [0.05, 0.1) is 17.7 Å². The summed E-state index contributed by atoms with van der Waals surface area (Å²) in [5, 5.41) is 0.371. The molecule has 0 amide bonds. The van der Waals surface area contributed by atoms with Crippen molar-refractivity contribution in [3.63, 3.8) is 0 Å². The summed E-state index contributed by atoms with van der Waals surface area (Å²) in [4.78, 5) is 48.0. The molecule has 0 atom stereocenters. The lowest BCUT2D eigenvalue weighted by Crippen LogP contribution is -2.27. The van der Waals surface area contributed by atoms with Crippen LogP contribution in [0.15, 0.2) is 38.0 Å². The third-order valence-corrected chi connectivity index (χ3v) is 3.84. The molecule has 8 nitrogen and oxygen atoms in total. The number of aromatic amines is 2. The van der Waals surface area contributed by atoms with E-state index in [0.29, 0.717) is 22.1 Å². The van der Waals surface area contributed by atoms with Crippen LogP contribution in [0.4, 0.5) is 0 Å². The maximum absolute atomic E-state index is 12.1. The number of H-pyrrole nitrogens is 2. The van der Waals surface area contributed by atoms with Gasteiger partial charge in [0.15, 0.2) is 5.16 Å². The van der Waals surface area contributed by atoms with Gasteiger partial charge in [0.25, 0.3) is 11.1 Å². The molecule has 0 bridgehead atoms. The number of nitrogens with one attached hydrogen (secondary N) is 2. The zero-order chi connectivity index (χ0) is 16.6. The fraction of sp³-hybridized carbons (Fsp3) is 0.214. The van der Waals surface area contributed by atoms with E-state index in [1.165, 1.54) is 18.0 Å². The Bertz CT molecular complexity index is 1020. The van der Waals surface area contributed by atoms with Crippen LogP contribution in [0.3, 0.4) is 0 Å². The molecule has 1 aromatic rings. The Morgan fingerprint density at radius 1 is 1.26 bits per heavy atom. The van der Waals surface area contributed by atoms with Crippen molar-refractivity contribution in [2.45, 2.75) is 18.6 Å². The Hall–Kier alpha value is -2.68. The van der Waals surface area contributed by atoms with Crippen molar-refractivity contribution in [1.29, 1.82) is 0 Å². The predicted molar refractivity (Wildman–Crippen MR) is 86.2 cm³/mol. The van der Waals surface area contributed by atoms with Gasteiger partial charge in [0.2, 0.25) is 0 Å². The van der Waals surface area contributed by atoms with E-state index in [0.717, 1.165) is 5.56 Å². The molecule has 2 N–H and O–H groups in total. The zero-order valence-corrected chi connectivity index (χ0v) is 13.2. The third kappa shape index (κ3) is 2.95. The lowest BCUT2D eigenvalue weighted by Gasteiger charge is -2.15. The van der Waals surface area contributed by atoms with Gasteiger partial charge in [-0.2, -0.15) is 4.98 Å². The van der Waals surface area contributed by atoms with Gasteiger partial charge in [-0.1, -0.05) is 11.8 Å². The van der Waals surface area contributed by atoms with Gasteiger partial charge < -0.3 is 9.55 Å². The molecule has 23 heavy (non-hydrogen) atoms. The van der Waals surface area contributed by atoms with Crippen molar-refractivity contribution in [1.82, 2.24) is 24.5 Å². The number of rotatable bonds is 3. The highest BCUT2D eigenvalue weighted by molar-refractivity contribution is 7.98. The topological polar surface area (TPSA) is 113 Å². The molecule has 118 valence electrons. The minimum Gasteiger partial charge on any atom is -0.327 e. The lowest BCUT2D eigenvalue weighted by molar-refractivity contribution is 0.737. The summed E-state index contributed by atoms with van der Waals surface area (Å²) >= 11 is 1.27. The fourth-order valence-electron chi connectivity index (χ4n) is 2.29. The summed E-state index contributed by atoms with van der Waals surface area (Å²) in [5.74, 6) is 0.450. The zero-order valence-electron chi connectivity index (χ0n) is 12.4. The van der Waals surface area contributed by atoms with Gasteiger partial charge in [-0.15, -0.1) is 0 Å². The highest BCUT2D eigenvalue weighted by atomic mass is 32.2. The van der Waals surface area contributed by atoms with Crippen LogP contribution in [0.2, 0.25) is 0 Å². The standard InChI is InChI=1S/C14H13N5O3S/c1-7-3-9-10(16-14(23-2)18-12(9)21)19(5-7)6-8-4-15-13(22)17-11(8)20/h3-5H,6H2,1-2H3,(H2,15,17,20,22). The van der Waals surface area contributed by atoms with E-state index in [-0.39, 0.29) is 12.1 Å². The number of hydrogen-bond acceptors (Lipinski definition) is 6. The first-order valence-corrected chi connectivity index (χ1v) is 7.94. The third-order valence-electron chi connectivity index (χ3n) is 3.29. The minimum atomic E-state index is -0.563. The van der Waals surface area contributed by atoms with Gasteiger partial charge in [-0.25, -0.2) is 9.78 Å². The Morgan fingerprint density at radius 2 is 2.04 bits per heavy atom. The lowest BCUT2D eigenvalue weighted by atomic mass is 10.1. The average Bonchev–Trinajstić information content (AvgIpc) is 2.50. The highest BCUT2D eigenvalue weighted by Gasteiger charge is 2.16. The second-order valence-electron chi connectivity index (χ2n) is 5.00. The smallest absolute Gasteiger partial charge is 0.325 e. The molecule has 2 aliphatic rings. The number of nitrogens with zero attached hydrogens (tertiary/aromatic N) is 3. The number of fused-ring (bicyclic) bond motifs is 1. The first-order valence-electron chi connectivity index (χ1n) is 6.71. The van der Waals surface area contributed by atoms with Crippen LogP contribution in [0.1, 0.15) is 11.1 Å². The van der Waals surface area contributed by atoms with E-state index in [2.05, 4.69) is 19.9 Å². The monoisotopic (exact) mass is 331 g/mol. The Kier molecular flexibility index (Phi) is 3.87. The van der Waals surface area contributed by atoms with Gasteiger partial charge >= 0.3 is 5.69 Å². The molecule has 0 spiro atoms. The molecular formula is C14H13N5O3S. The molecule has 0 unspecified atom stereocenters. The maximum atomic E-state index is 12.1. The molecule has 0 aliphatic carbocycles. The number of thioether (sulfide) groups is 1. The van der Waals surface area contributed by atoms with Crippen LogP contribution < -0.4 is 16.8 Å². The van der Waals surface area contributed by atoms with Gasteiger partial charge in [-0.3, -0.25) is 14.6 Å². The van der Waals surface area contributed by atoms with E-state index < -0.39 is 11.2 Å². The van der Waals surface area contributed by atoms with Crippen LogP contribution in [0.25, 0.3) is 11.4 Å². The quantitative estimate of drug-likeness (QED) is 0.523. The van der Waals surface area contributed by atoms with Crippen LogP contribution in [-0.4, -0.2) is 30.8 Å². The minimum absolute atomic E-state index is 0.175. The van der Waals surface area contributed by atoms with E-state index in [9.17, 15) is 14.4 Å². The number of hydrogen-bond donors (Lipinski definition) is 2. The van der Waals surface area contributed by atoms with Crippen molar-refractivity contribution in [3.8, 4) is 11.4 Å². The Morgan fingerprint density at radius 3 is 2.74 bits per heavy atom. The van der Waals surface area contributed by atoms with Crippen LogP contribution in [-0.2, 0) is 6.54 Å². The molecule has 0 saturated carbocycles. The van der Waals surface area contributed by atoms with E-state index in [1.807, 2.05) is 6.92 Å². The maximum Gasteiger partial charge on any atom is 0.325 e. The van der Waals surface area contributed by atoms with Gasteiger partial charge in [-0.05, 0) is 24.8 Å². The SMILES string of the molecule is CSc1nc2n(Cc3c[nH]c(=O)[nH]c3=O)cc(C)cc-2c(=O)n1. The van der Waals surface area contributed by atoms with Crippen molar-refractivity contribution in [2.24, 2.45) is 0 Å². The predicted octanol–water partition coefficient (Wildman–Crippen LogP) is 0.198. The molecule has 0 saturated heterocycles. The highest BCUT2D eigenvalue weighted by Crippen LogP contribution is 2.20. The molecule has 3 rings (SSSR count). The second-order valence-corrected chi connectivity index (χ2v) is 5.77. The Labute approximate surface area is 134 Å². The summed E-state index contributed by atoms with van der Waals surface area (Å²) in [7, 11) is 0. The summed E-state index contributed by atoms with van der Waals surface area (Å²) < 4.78 is 1.70. The molecule has 3 heterocycles. The van der Waals surface area contributed by atoms with Crippen LogP contribution >= 0.6 is 11.8 Å². The van der Waals surface area contributed by atoms with Crippen molar-refractivity contribution < 1.29 is 0 Å². The normalized spacial score (nSPS) is 11.0. The molecule has 1 aromatic heterocycles. The van der Waals surface area contributed by atoms with Crippen LogP contribution in [0, 0.1) is 6.92 Å². The Balaban J connectivity index is 2.20. The molecule has 0 aromatic carbocycles. The molecule has 2 aliphatic heterocycles. The fourth-order valence-corrected chi connectivity index (χ4v) is 2.64. The summed E-state index contributed by atoms with van der Waals surface area (Å²) in [6, 6.07) is 1.72. The summed E-state index contributed by atoms with van der Waals surface area (Å²) in [5.41, 5.74) is 0.203. The number of aromatic nitrogens is 5. The van der Waals surface area contributed by atoms with Gasteiger partial charge in [0.1, 0.15) is 5.82 Å². The molecule has 0 fully saturated rings. The van der Waals surface area contributed by atoms with Crippen molar-refractivity contribution in [3.05, 3.63) is 60.8 Å². The summed E-state index contributed by atoms with van der Waals surface area (Å²) in [6.07, 6.45) is 4.94. The van der Waals surface area contributed by atoms with Gasteiger partial charge in [0, 0.05) is 12.4 Å². The molecule has 9 heteroatoms. The number of pyridine rings is 1. The largest absolute Gasteiger partial charge is 0.327 e. The van der Waals surface area contributed by atoms with Crippen LogP contribution in [0.5, 0.6) is 0 Å². The van der Waals surface area contributed by atoms with Crippen molar-refractivity contribution >= 4 is 11.8 Å². The molecular weight excluding hydrogens is 318 g/mol. The number of aryl methyl sites for hydroxylation is 1. The molecule has 0 radical (unpaired) electrons. The first kappa shape index (κ1) is 15.2.